The van der Waals surface area contributed by atoms with Gasteiger partial charge in [-0.05, 0) is 20.1 Å². The molecule has 0 bridgehead atoms. The molecule has 1 aliphatic rings. The van der Waals surface area contributed by atoms with Gasteiger partial charge in [-0.15, -0.1) is 13.1 Å². The monoisotopic (exact) mass is 201 g/mol. The van der Waals surface area contributed by atoms with Crippen LogP contribution in [0.2, 0.25) is 0 Å². The maximum Gasteiger partial charge on any atom is 1.00 e. The van der Waals surface area contributed by atoms with Gasteiger partial charge in [-0.1, -0.05) is 0 Å². The van der Waals surface area contributed by atoms with E-state index >= 15 is 0 Å². The molecule has 0 unspecified atom stereocenters. The van der Waals surface area contributed by atoms with Gasteiger partial charge >= 0.3 is 19.5 Å². The van der Waals surface area contributed by atoms with Crippen LogP contribution in [-0.2, 0) is 19.5 Å². The second kappa shape index (κ2) is 4.42. The van der Waals surface area contributed by atoms with Crippen LogP contribution in [0.1, 0.15) is 0 Å². The Morgan fingerprint density at radius 1 is 1.25 bits per heavy atom. The molecule has 49 valence electrons. The van der Waals surface area contributed by atoms with Crippen molar-refractivity contribution < 1.29 is 19.5 Å². The summed E-state index contributed by atoms with van der Waals surface area (Å²) in [7, 11) is 2.13. The van der Waals surface area contributed by atoms with Crippen molar-refractivity contribution in [2.24, 2.45) is 0 Å². The first-order valence-electron chi connectivity index (χ1n) is 2.71. The molecule has 0 aromatic heterocycles. The molecule has 0 spiro atoms. The Hall–Kier alpha value is 0.543. The Bertz CT molecular complexity index is 52.4. The van der Waals surface area contributed by atoms with Crippen LogP contribution in [0.5, 0.6) is 0 Å². The molecule has 0 aromatic carbocycles. The van der Waals surface area contributed by atoms with Gasteiger partial charge < -0.3 is 10.2 Å². The molecule has 0 aromatic rings. The van der Waals surface area contributed by atoms with Crippen LogP contribution < -0.4 is 0 Å². The van der Waals surface area contributed by atoms with Crippen LogP contribution in [0.4, 0.5) is 0 Å². The van der Waals surface area contributed by atoms with Gasteiger partial charge in [-0.2, -0.15) is 0 Å². The van der Waals surface area contributed by atoms with Gasteiger partial charge in [0.25, 0.3) is 0 Å². The quantitative estimate of drug-likeness (QED) is 0.514. The molecule has 0 saturated carbocycles. The van der Waals surface area contributed by atoms with E-state index in [0.717, 1.165) is 26.2 Å². The maximum atomic E-state index is 4.19. The van der Waals surface area contributed by atoms with E-state index in [2.05, 4.69) is 17.3 Å². The van der Waals surface area contributed by atoms with Gasteiger partial charge in [0, 0.05) is 0 Å². The molecule has 0 N–H and O–H groups in total. The fraction of sp³-hybridized carbons (Fsp3) is 1.00. The van der Waals surface area contributed by atoms with Crippen molar-refractivity contribution >= 4 is 0 Å². The summed E-state index contributed by atoms with van der Waals surface area (Å²) in [4.78, 5) is 2.30. The number of likely N-dealkylation sites (N-methyl/N-ethyl adjacent to an activating group) is 1. The fourth-order valence-corrected chi connectivity index (χ4v) is 0.706. The normalized spacial score (nSPS) is 22.1. The molecule has 1 heterocycles. The third kappa shape index (κ3) is 2.75. The van der Waals surface area contributed by atoms with Crippen molar-refractivity contribution in [3.63, 3.8) is 0 Å². The summed E-state index contributed by atoms with van der Waals surface area (Å²) in [5.74, 6) is 0. The number of nitrogens with zero attached hydrogens (tertiary/aromatic N) is 2. The first kappa shape index (κ1) is 8.54. The number of hydrogen-bond donors (Lipinski definition) is 0. The Morgan fingerprint density at radius 3 is 2.00 bits per heavy atom. The summed E-state index contributed by atoms with van der Waals surface area (Å²) < 4.78 is 0. The Balaban J connectivity index is 0.000000490. The minimum Gasteiger partial charge on any atom is -0.660 e. The fourth-order valence-electron chi connectivity index (χ4n) is 0.706. The van der Waals surface area contributed by atoms with E-state index in [9.17, 15) is 0 Å². The minimum absolute atomic E-state index is 0. The molecular weight excluding hydrogens is 189 g/mol. The van der Waals surface area contributed by atoms with Crippen molar-refractivity contribution in [1.29, 1.82) is 0 Å². The molecule has 8 heavy (non-hydrogen) atoms. The van der Waals surface area contributed by atoms with E-state index in [0.29, 0.717) is 0 Å². The summed E-state index contributed by atoms with van der Waals surface area (Å²) in [5.41, 5.74) is 0. The van der Waals surface area contributed by atoms with E-state index in [4.69, 9.17) is 0 Å². The predicted octanol–water partition coefficient (Wildman–Crippen LogP) is 0.303. The first-order valence-corrected chi connectivity index (χ1v) is 2.71. The van der Waals surface area contributed by atoms with Crippen molar-refractivity contribution in [2.45, 2.75) is 0 Å². The second-order valence-corrected chi connectivity index (χ2v) is 1.97. The maximum absolute atomic E-state index is 4.19. The molecule has 0 amide bonds. The van der Waals surface area contributed by atoms with Gasteiger partial charge in [0.1, 0.15) is 0 Å². The Labute approximate surface area is 63.4 Å². The molecular formula is C5H11N2Ru. The molecule has 1 aliphatic heterocycles. The van der Waals surface area contributed by atoms with Gasteiger partial charge in [-0.3, -0.25) is 0 Å². The van der Waals surface area contributed by atoms with Crippen LogP contribution in [0, 0.1) is 0 Å². The zero-order chi connectivity index (χ0) is 5.11. The molecule has 1 radical (unpaired) electrons. The molecule has 1 rings (SSSR count). The van der Waals surface area contributed by atoms with Crippen molar-refractivity contribution in [1.82, 2.24) is 4.90 Å². The zero-order valence-corrected chi connectivity index (χ0v) is 6.81. The smallest absolute Gasteiger partial charge is 0.660 e. The van der Waals surface area contributed by atoms with Crippen molar-refractivity contribution in [3.05, 3.63) is 5.32 Å². The van der Waals surface area contributed by atoms with Crippen LogP contribution >= 0.6 is 0 Å². The van der Waals surface area contributed by atoms with Crippen molar-refractivity contribution in [2.75, 3.05) is 33.2 Å². The molecule has 0 aliphatic carbocycles. The SMILES string of the molecule is CN1CC[N-]CC1.[Ru+]. The summed E-state index contributed by atoms with van der Waals surface area (Å²) in [6.07, 6.45) is 0. The number of rotatable bonds is 0. The largest absolute Gasteiger partial charge is 1.00 e. The summed E-state index contributed by atoms with van der Waals surface area (Å²) in [6.45, 7) is 4.38. The van der Waals surface area contributed by atoms with Crippen LogP contribution in [0.25, 0.3) is 5.32 Å². The summed E-state index contributed by atoms with van der Waals surface area (Å²) in [5, 5.41) is 4.19. The summed E-state index contributed by atoms with van der Waals surface area (Å²) >= 11 is 0. The Morgan fingerprint density at radius 2 is 1.75 bits per heavy atom. The molecule has 0 atom stereocenters. The molecule has 3 heteroatoms. The minimum atomic E-state index is 0. The molecule has 1 saturated heterocycles. The predicted molar refractivity (Wildman–Crippen MR) is 30.6 cm³/mol. The van der Waals surface area contributed by atoms with Crippen LogP contribution in [-0.4, -0.2) is 38.1 Å². The topological polar surface area (TPSA) is 17.3 Å². The van der Waals surface area contributed by atoms with Gasteiger partial charge in [0.2, 0.25) is 0 Å². The van der Waals surface area contributed by atoms with Gasteiger partial charge in [0.15, 0.2) is 0 Å². The standard InChI is InChI=1S/C5H11N2.Ru/c1-7-4-2-6-3-5-7;/h2-5H2,1H3;/q-1;+1. The molecule has 1 fully saturated rings. The van der Waals surface area contributed by atoms with Crippen LogP contribution in [0.3, 0.4) is 0 Å². The van der Waals surface area contributed by atoms with E-state index in [1.54, 1.807) is 0 Å². The second-order valence-electron chi connectivity index (χ2n) is 1.97. The number of hydrogen-bond acceptors (Lipinski definition) is 1. The third-order valence-electron chi connectivity index (χ3n) is 1.28. The van der Waals surface area contributed by atoms with Crippen molar-refractivity contribution in [3.8, 4) is 0 Å². The van der Waals surface area contributed by atoms with E-state index in [-0.39, 0.29) is 19.5 Å². The van der Waals surface area contributed by atoms with E-state index in [1.807, 2.05) is 0 Å². The third-order valence-corrected chi connectivity index (χ3v) is 1.28. The van der Waals surface area contributed by atoms with Gasteiger partial charge in [0.05, 0.1) is 0 Å². The zero-order valence-electron chi connectivity index (χ0n) is 5.08. The average molecular weight is 200 g/mol. The number of piperazine rings is 1. The van der Waals surface area contributed by atoms with E-state index < -0.39 is 0 Å². The van der Waals surface area contributed by atoms with E-state index in [1.165, 1.54) is 0 Å². The Kier molecular flexibility index (Phi) is 4.73. The summed E-state index contributed by atoms with van der Waals surface area (Å²) in [6, 6.07) is 0. The van der Waals surface area contributed by atoms with Gasteiger partial charge in [-0.25, -0.2) is 0 Å². The average Bonchev–Trinajstić information content (AvgIpc) is 1.69. The first-order chi connectivity index (χ1) is 3.39. The van der Waals surface area contributed by atoms with Crippen LogP contribution in [0.15, 0.2) is 0 Å². The molecule has 2 nitrogen and oxygen atoms in total.